The van der Waals surface area contributed by atoms with E-state index in [4.69, 9.17) is 0 Å². The summed E-state index contributed by atoms with van der Waals surface area (Å²) < 4.78 is 2.23. The standard InChI is InChI=1S/C16H20N2O2/c1-10-17-14-12(15(19)20)5-4-6-13(14)18(10)11-7-8-16(2,3)9-11/h4-6,11H,7-9H2,1-3H3,(H,19,20). The first-order valence-corrected chi connectivity index (χ1v) is 7.10. The van der Waals surface area contributed by atoms with Gasteiger partial charge in [0.05, 0.1) is 11.1 Å². The molecule has 0 amide bonds. The van der Waals surface area contributed by atoms with Crippen LogP contribution in [0.3, 0.4) is 0 Å². The molecule has 1 aromatic carbocycles. The van der Waals surface area contributed by atoms with Crippen LogP contribution in [0.1, 0.15) is 55.3 Å². The highest BCUT2D eigenvalue weighted by Gasteiger charge is 2.33. The first-order valence-electron chi connectivity index (χ1n) is 7.10. The number of carboxylic acids is 1. The summed E-state index contributed by atoms with van der Waals surface area (Å²) >= 11 is 0. The van der Waals surface area contributed by atoms with Gasteiger partial charge < -0.3 is 9.67 Å². The topological polar surface area (TPSA) is 55.1 Å². The van der Waals surface area contributed by atoms with E-state index >= 15 is 0 Å². The third kappa shape index (κ3) is 1.99. The molecule has 2 aromatic rings. The maximum Gasteiger partial charge on any atom is 0.337 e. The third-order valence-electron chi connectivity index (χ3n) is 4.43. The molecule has 0 bridgehead atoms. The molecule has 0 aliphatic heterocycles. The summed E-state index contributed by atoms with van der Waals surface area (Å²) in [6.45, 7) is 6.56. The van der Waals surface area contributed by atoms with Crippen LogP contribution in [0.4, 0.5) is 0 Å². The first kappa shape index (κ1) is 13.2. The van der Waals surface area contributed by atoms with Crippen LogP contribution in [0, 0.1) is 12.3 Å². The zero-order valence-corrected chi connectivity index (χ0v) is 12.2. The van der Waals surface area contributed by atoms with Gasteiger partial charge in [-0.1, -0.05) is 19.9 Å². The fourth-order valence-electron chi connectivity index (χ4n) is 3.49. The molecule has 1 aliphatic rings. The van der Waals surface area contributed by atoms with E-state index in [1.54, 1.807) is 6.07 Å². The van der Waals surface area contributed by atoms with Gasteiger partial charge in [-0.2, -0.15) is 0 Å². The van der Waals surface area contributed by atoms with Crippen LogP contribution in [0.15, 0.2) is 18.2 Å². The molecule has 4 heteroatoms. The SMILES string of the molecule is Cc1nc2c(C(=O)O)cccc2n1C1CCC(C)(C)C1. The monoisotopic (exact) mass is 272 g/mol. The van der Waals surface area contributed by atoms with Crippen molar-refractivity contribution in [2.75, 3.05) is 0 Å². The Balaban J connectivity index is 2.15. The number of nitrogens with zero attached hydrogens (tertiary/aromatic N) is 2. The van der Waals surface area contributed by atoms with Crippen molar-refractivity contribution < 1.29 is 9.90 Å². The largest absolute Gasteiger partial charge is 0.478 e. The third-order valence-corrected chi connectivity index (χ3v) is 4.43. The Bertz CT molecular complexity index is 685. The number of carbonyl (C=O) groups is 1. The summed E-state index contributed by atoms with van der Waals surface area (Å²) in [5, 5.41) is 9.28. The number of hydrogen-bond donors (Lipinski definition) is 1. The van der Waals surface area contributed by atoms with E-state index in [9.17, 15) is 9.90 Å². The van der Waals surface area contributed by atoms with Gasteiger partial charge in [0.1, 0.15) is 11.3 Å². The smallest absolute Gasteiger partial charge is 0.337 e. The van der Waals surface area contributed by atoms with E-state index in [1.165, 1.54) is 6.42 Å². The lowest BCUT2D eigenvalue weighted by Gasteiger charge is -2.19. The lowest BCUT2D eigenvalue weighted by Crippen LogP contribution is -2.10. The van der Waals surface area contributed by atoms with Gasteiger partial charge in [0.25, 0.3) is 0 Å². The van der Waals surface area contributed by atoms with Gasteiger partial charge in [0.2, 0.25) is 0 Å². The highest BCUT2D eigenvalue weighted by Crippen LogP contribution is 2.45. The van der Waals surface area contributed by atoms with Crippen molar-refractivity contribution in [2.24, 2.45) is 5.41 Å². The number of aromatic carboxylic acids is 1. The average Bonchev–Trinajstić information content (AvgIpc) is 2.87. The molecule has 1 saturated carbocycles. The van der Waals surface area contributed by atoms with E-state index in [0.29, 0.717) is 22.5 Å². The second kappa shape index (κ2) is 4.33. The van der Waals surface area contributed by atoms with E-state index in [1.807, 2.05) is 19.1 Å². The summed E-state index contributed by atoms with van der Waals surface area (Å²) in [6, 6.07) is 5.84. The molecule has 1 atom stereocenters. The normalized spacial score (nSPS) is 21.4. The zero-order chi connectivity index (χ0) is 14.5. The van der Waals surface area contributed by atoms with Crippen LogP contribution >= 0.6 is 0 Å². The molecule has 3 rings (SSSR count). The Morgan fingerprint density at radius 2 is 2.20 bits per heavy atom. The summed E-state index contributed by atoms with van der Waals surface area (Å²) in [6.07, 6.45) is 3.46. The van der Waals surface area contributed by atoms with Gasteiger partial charge in [-0.25, -0.2) is 9.78 Å². The number of aryl methyl sites for hydroxylation is 1. The Labute approximate surface area is 118 Å². The molecular weight excluding hydrogens is 252 g/mol. The van der Waals surface area contributed by atoms with E-state index in [-0.39, 0.29) is 0 Å². The number of hydrogen-bond acceptors (Lipinski definition) is 2. The van der Waals surface area contributed by atoms with Gasteiger partial charge in [0, 0.05) is 6.04 Å². The first-order chi connectivity index (χ1) is 9.39. The van der Waals surface area contributed by atoms with Crippen molar-refractivity contribution in [3.63, 3.8) is 0 Å². The van der Waals surface area contributed by atoms with E-state index in [2.05, 4.69) is 23.4 Å². The number of imidazole rings is 1. The number of carboxylic acid groups (broad SMARTS) is 1. The summed E-state index contributed by atoms with van der Waals surface area (Å²) in [5.41, 5.74) is 2.21. The number of para-hydroxylation sites is 1. The van der Waals surface area contributed by atoms with Gasteiger partial charge >= 0.3 is 5.97 Å². The predicted octanol–water partition coefficient (Wildman–Crippen LogP) is 3.79. The zero-order valence-electron chi connectivity index (χ0n) is 12.2. The van der Waals surface area contributed by atoms with Crippen molar-refractivity contribution in [3.05, 3.63) is 29.6 Å². The molecule has 0 saturated heterocycles. The maximum absolute atomic E-state index is 11.3. The molecule has 1 fully saturated rings. The minimum absolute atomic E-state index is 0.293. The van der Waals surface area contributed by atoms with Crippen LogP contribution in [0.25, 0.3) is 11.0 Å². The second-order valence-electron chi connectivity index (χ2n) is 6.57. The van der Waals surface area contributed by atoms with Crippen molar-refractivity contribution in [1.82, 2.24) is 9.55 Å². The van der Waals surface area contributed by atoms with E-state index < -0.39 is 5.97 Å². The quantitative estimate of drug-likeness (QED) is 0.904. The van der Waals surface area contributed by atoms with Gasteiger partial charge in [-0.3, -0.25) is 0 Å². The van der Waals surface area contributed by atoms with Gasteiger partial charge in [-0.05, 0) is 43.7 Å². The van der Waals surface area contributed by atoms with Crippen LogP contribution in [-0.4, -0.2) is 20.6 Å². The molecule has 1 heterocycles. The molecule has 1 unspecified atom stereocenters. The molecule has 106 valence electrons. The lowest BCUT2D eigenvalue weighted by molar-refractivity contribution is 0.0699. The molecular formula is C16H20N2O2. The molecule has 1 N–H and O–H groups in total. The minimum Gasteiger partial charge on any atom is -0.478 e. The molecule has 1 aromatic heterocycles. The van der Waals surface area contributed by atoms with Crippen molar-refractivity contribution in [3.8, 4) is 0 Å². The van der Waals surface area contributed by atoms with Crippen molar-refractivity contribution >= 4 is 17.0 Å². The Morgan fingerprint density at radius 3 is 2.80 bits per heavy atom. The van der Waals surface area contributed by atoms with Gasteiger partial charge in [-0.15, -0.1) is 0 Å². The predicted molar refractivity (Wildman–Crippen MR) is 78.1 cm³/mol. The fourth-order valence-corrected chi connectivity index (χ4v) is 3.49. The minimum atomic E-state index is -0.910. The number of aromatic nitrogens is 2. The van der Waals surface area contributed by atoms with Crippen molar-refractivity contribution in [2.45, 2.75) is 46.1 Å². The van der Waals surface area contributed by atoms with Crippen LogP contribution < -0.4 is 0 Å². The highest BCUT2D eigenvalue weighted by atomic mass is 16.4. The Kier molecular flexibility index (Phi) is 2.85. The number of benzene rings is 1. The summed E-state index contributed by atoms with van der Waals surface area (Å²) in [5.74, 6) is 0.00315. The number of fused-ring (bicyclic) bond motifs is 1. The lowest BCUT2D eigenvalue weighted by atomic mass is 9.92. The van der Waals surface area contributed by atoms with E-state index in [0.717, 1.165) is 24.2 Å². The van der Waals surface area contributed by atoms with Gasteiger partial charge in [0.15, 0.2) is 0 Å². The Morgan fingerprint density at radius 1 is 1.45 bits per heavy atom. The molecule has 1 aliphatic carbocycles. The maximum atomic E-state index is 11.3. The van der Waals surface area contributed by atoms with Crippen LogP contribution in [0.2, 0.25) is 0 Å². The second-order valence-corrected chi connectivity index (χ2v) is 6.57. The number of rotatable bonds is 2. The highest BCUT2D eigenvalue weighted by molar-refractivity contribution is 6.01. The van der Waals surface area contributed by atoms with Crippen LogP contribution in [0.5, 0.6) is 0 Å². The van der Waals surface area contributed by atoms with Crippen molar-refractivity contribution in [1.29, 1.82) is 0 Å². The molecule has 0 radical (unpaired) electrons. The Hall–Kier alpha value is -1.84. The molecule has 4 nitrogen and oxygen atoms in total. The summed E-state index contributed by atoms with van der Waals surface area (Å²) in [7, 11) is 0. The van der Waals surface area contributed by atoms with Crippen LogP contribution in [-0.2, 0) is 0 Å². The summed E-state index contributed by atoms with van der Waals surface area (Å²) in [4.78, 5) is 15.8. The fraction of sp³-hybridized carbons (Fsp3) is 0.500. The average molecular weight is 272 g/mol. The molecule has 20 heavy (non-hydrogen) atoms. The molecule has 0 spiro atoms.